The van der Waals surface area contributed by atoms with Crippen LogP contribution in [0, 0.1) is 0 Å². The monoisotopic (exact) mass is 382 g/mol. The molecule has 1 heterocycles. The fraction of sp³-hybridized carbons (Fsp3) is 0.150. The minimum atomic E-state index is -0.835. The number of benzene rings is 2. The summed E-state index contributed by atoms with van der Waals surface area (Å²) >= 11 is 0. The van der Waals surface area contributed by atoms with E-state index in [1.165, 1.54) is 43.5 Å². The number of hydrogen-bond acceptors (Lipinski definition) is 6. The number of hydrogen-bond donors (Lipinski definition) is 2. The Labute approximate surface area is 161 Å². The van der Waals surface area contributed by atoms with E-state index in [0.29, 0.717) is 23.6 Å². The van der Waals surface area contributed by atoms with Gasteiger partial charge >= 0.3 is 6.03 Å². The van der Waals surface area contributed by atoms with E-state index < -0.39 is 17.8 Å². The SMILES string of the molecule is CCOc1cc(/C=C2\C(=O)NC(=O)N(c3ccc(OC)cc3)C2=O)ccc1O. The third-order valence-corrected chi connectivity index (χ3v) is 4.03. The number of urea groups is 1. The molecular weight excluding hydrogens is 364 g/mol. The Morgan fingerprint density at radius 2 is 1.82 bits per heavy atom. The van der Waals surface area contributed by atoms with Gasteiger partial charge < -0.3 is 14.6 Å². The fourth-order valence-corrected chi connectivity index (χ4v) is 2.68. The smallest absolute Gasteiger partial charge is 0.335 e. The Hall–Kier alpha value is -3.81. The van der Waals surface area contributed by atoms with E-state index in [1.54, 1.807) is 19.1 Å². The van der Waals surface area contributed by atoms with E-state index in [9.17, 15) is 19.5 Å². The van der Waals surface area contributed by atoms with Crippen molar-refractivity contribution in [3.8, 4) is 17.2 Å². The molecule has 28 heavy (non-hydrogen) atoms. The second-order valence-corrected chi connectivity index (χ2v) is 5.82. The maximum Gasteiger partial charge on any atom is 0.335 e. The first kappa shape index (κ1) is 19.0. The van der Waals surface area contributed by atoms with Crippen molar-refractivity contribution in [3.05, 3.63) is 53.6 Å². The summed E-state index contributed by atoms with van der Waals surface area (Å²) in [5, 5.41) is 11.9. The van der Waals surface area contributed by atoms with E-state index in [2.05, 4.69) is 5.32 Å². The Morgan fingerprint density at radius 3 is 2.46 bits per heavy atom. The van der Waals surface area contributed by atoms with Gasteiger partial charge in [-0.3, -0.25) is 14.9 Å². The zero-order valence-electron chi connectivity index (χ0n) is 15.3. The number of barbiturate groups is 1. The van der Waals surface area contributed by atoms with Crippen LogP contribution in [0.5, 0.6) is 17.2 Å². The zero-order valence-corrected chi connectivity index (χ0v) is 15.3. The number of rotatable bonds is 5. The van der Waals surface area contributed by atoms with Gasteiger partial charge in [-0.05, 0) is 55.0 Å². The van der Waals surface area contributed by atoms with Crippen LogP contribution < -0.4 is 19.7 Å². The molecule has 2 N–H and O–H groups in total. The molecule has 1 saturated heterocycles. The lowest BCUT2D eigenvalue weighted by molar-refractivity contribution is -0.122. The number of aromatic hydroxyl groups is 1. The predicted octanol–water partition coefficient (Wildman–Crippen LogP) is 2.47. The summed E-state index contributed by atoms with van der Waals surface area (Å²) in [6.07, 6.45) is 1.34. The molecule has 0 radical (unpaired) electrons. The van der Waals surface area contributed by atoms with Crippen LogP contribution in [0.4, 0.5) is 10.5 Å². The molecular formula is C20H18N2O6. The maximum atomic E-state index is 12.8. The van der Waals surface area contributed by atoms with Gasteiger partial charge in [-0.25, -0.2) is 9.69 Å². The van der Waals surface area contributed by atoms with Crippen LogP contribution in [0.2, 0.25) is 0 Å². The zero-order chi connectivity index (χ0) is 20.3. The van der Waals surface area contributed by atoms with Gasteiger partial charge in [0.2, 0.25) is 0 Å². The highest BCUT2D eigenvalue weighted by Gasteiger charge is 2.36. The molecule has 0 saturated carbocycles. The molecule has 2 aromatic carbocycles. The summed E-state index contributed by atoms with van der Waals surface area (Å²) in [6.45, 7) is 2.10. The van der Waals surface area contributed by atoms with E-state index in [0.717, 1.165) is 4.90 Å². The van der Waals surface area contributed by atoms with Gasteiger partial charge in [-0.1, -0.05) is 6.07 Å². The standard InChI is InChI=1S/C20H18N2O6/c1-3-28-17-11-12(4-9-16(17)23)10-15-18(24)21-20(26)22(19(15)25)13-5-7-14(27-2)8-6-13/h4-11,23H,3H2,1-2H3,(H,21,24,26)/b15-10+. The summed E-state index contributed by atoms with van der Waals surface area (Å²) in [7, 11) is 1.50. The van der Waals surface area contributed by atoms with Gasteiger partial charge in [-0.15, -0.1) is 0 Å². The van der Waals surface area contributed by atoms with Crippen LogP contribution in [-0.2, 0) is 9.59 Å². The maximum absolute atomic E-state index is 12.8. The summed E-state index contributed by atoms with van der Waals surface area (Å²) in [4.78, 5) is 38.2. The first-order chi connectivity index (χ1) is 13.4. The summed E-state index contributed by atoms with van der Waals surface area (Å²) in [6, 6.07) is 9.87. The summed E-state index contributed by atoms with van der Waals surface area (Å²) in [5.41, 5.74) is 0.537. The van der Waals surface area contributed by atoms with Crippen molar-refractivity contribution in [2.45, 2.75) is 6.92 Å². The third-order valence-electron chi connectivity index (χ3n) is 4.03. The minimum absolute atomic E-state index is 0.0570. The average molecular weight is 382 g/mol. The first-order valence-electron chi connectivity index (χ1n) is 8.46. The van der Waals surface area contributed by atoms with Gasteiger partial charge in [0.25, 0.3) is 11.8 Å². The van der Waals surface area contributed by atoms with Gasteiger partial charge in [0.1, 0.15) is 11.3 Å². The second kappa shape index (κ2) is 7.83. The molecule has 8 heteroatoms. The van der Waals surface area contributed by atoms with E-state index in [1.807, 2.05) is 0 Å². The molecule has 2 aromatic rings. The van der Waals surface area contributed by atoms with Crippen LogP contribution in [0.15, 0.2) is 48.0 Å². The van der Waals surface area contributed by atoms with Crippen molar-refractivity contribution < 1.29 is 29.0 Å². The molecule has 8 nitrogen and oxygen atoms in total. The third kappa shape index (κ3) is 3.66. The molecule has 1 aliphatic heterocycles. The highest BCUT2D eigenvalue weighted by atomic mass is 16.5. The van der Waals surface area contributed by atoms with Gasteiger partial charge in [-0.2, -0.15) is 0 Å². The van der Waals surface area contributed by atoms with E-state index in [4.69, 9.17) is 9.47 Å². The van der Waals surface area contributed by atoms with Crippen molar-refractivity contribution in [2.75, 3.05) is 18.6 Å². The molecule has 0 bridgehead atoms. The minimum Gasteiger partial charge on any atom is -0.504 e. The number of imide groups is 2. The molecule has 3 rings (SSSR count). The lowest BCUT2D eigenvalue weighted by Gasteiger charge is -2.26. The van der Waals surface area contributed by atoms with Gasteiger partial charge in [0.15, 0.2) is 11.5 Å². The van der Waals surface area contributed by atoms with Gasteiger partial charge in [0.05, 0.1) is 19.4 Å². The van der Waals surface area contributed by atoms with Crippen LogP contribution >= 0.6 is 0 Å². The normalized spacial score (nSPS) is 15.6. The Balaban J connectivity index is 1.97. The largest absolute Gasteiger partial charge is 0.504 e. The number of carbonyl (C=O) groups excluding carboxylic acids is 3. The lowest BCUT2D eigenvalue weighted by Crippen LogP contribution is -2.54. The van der Waals surface area contributed by atoms with Crippen molar-refractivity contribution >= 4 is 29.6 Å². The number of ether oxygens (including phenoxy) is 2. The van der Waals surface area contributed by atoms with Gasteiger partial charge in [0, 0.05) is 0 Å². The number of amides is 4. The predicted molar refractivity (Wildman–Crippen MR) is 101 cm³/mol. The average Bonchev–Trinajstić information content (AvgIpc) is 2.68. The number of nitrogens with zero attached hydrogens (tertiary/aromatic N) is 1. The number of carbonyl (C=O) groups is 3. The Kier molecular flexibility index (Phi) is 5.30. The molecule has 144 valence electrons. The molecule has 0 spiro atoms. The highest BCUT2D eigenvalue weighted by Crippen LogP contribution is 2.29. The number of methoxy groups -OCH3 is 1. The fourth-order valence-electron chi connectivity index (χ4n) is 2.68. The van der Waals surface area contributed by atoms with Crippen LogP contribution in [0.1, 0.15) is 12.5 Å². The number of phenols is 1. The molecule has 0 aliphatic carbocycles. The van der Waals surface area contributed by atoms with E-state index >= 15 is 0 Å². The van der Waals surface area contributed by atoms with E-state index in [-0.39, 0.29) is 17.1 Å². The second-order valence-electron chi connectivity index (χ2n) is 5.82. The quantitative estimate of drug-likeness (QED) is 0.608. The molecule has 0 atom stereocenters. The summed E-state index contributed by atoms with van der Waals surface area (Å²) < 4.78 is 10.4. The molecule has 1 fully saturated rings. The Bertz CT molecular complexity index is 965. The molecule has 1 aliphatic rings. The highest BCUT2D eigenvalue weighted by molar-refractivity contribution is 6.39. The van der Waals surface area contributed by atoms with Crippen molar-refractivity contribution in [1.29, 1.82) is 0 Å². The lowest BCUT2D eigenvalue weighted by atomic mass is 10.1. The number of nitrogens with one attached hydrogen (secondary N) is 1. The topological polar surface area (TPSA) is 105 Å². The molecule has 4 amide bonds. The number of phenolic OH excluding ortho intramolecular Hbond substituents is 1. The summed E-state index contributed by atoms with van der Waals surface area (Å²) in [5.74, 6) is -0.828. The Morgan fingerprint density at radius 1 is 1.11 bits per heavy atom. The van der Waals surface area contributed by atoms with Crippen molar-refractivity contribution in [3.63, 3.8) is 0 Å². The van der Waals surface area contributed by atoms with Crippen molar-refractivity contribution in [2.24, 2.45) is 0 Å². The molecule has 0 aromatic heterocycles. The van der Waals surface area contributed by atoms with Crippen LogP contribution in [0.3, 0.4) is 0 Å². The van der Waals surface area contributed by atoms with Crippen LogP contribution in [-0.4, -0.2) is 36.7 Å². The number of anilines is 1. The van der Waals surface area contributed by atoms with Crippen LogP contribution in [0.25, 0.3) is 6.08 Å². The first-order valence-corrected chi connectivity index (χ1v) is 8.46. The van der Waals surface area contributed by atoms with Crippen molar-refractivity contribution in [1.82, 2.24) is 5.32 Å². The molecule has 0 unspecified atom stereocenters.